The van der Waals surface area contributed by atoms with E-state index >= 15 is 0 Å². The molecule has 1 aliphatic rings. The summed E-state index contributed by atoms with van der Waals surface area (Å²) < 4.78 is 46.9. The van der Waals surface area contributed by atoms with Crippen molar-refractivity contribution >= 4 is 33.0 Å². The third-order valence-corrected chi connectivity index (χ3v) is 7.44. The topological polar surface area (TPSA) is 55.4 Å². The van der Waals surface area contributed by atoms with E-state index in [1.165, 1.54) is 18.2 Å². The minimum atomic E-state index is -3.62. The Bertz CT molecular complexity index is 799. The Kier molecular flexibility index (Phi) is 5.27. The van der Waals surface area contributed by atoms with Crippen LogP contribution in [0.25, 0.3) is 0 Å². The van der Waals surface area contributed by atoms with Crippen LogP contribution in [0.15, 0.2) is 40.6 Å². The molecule has 1 fully saturated rings. The van der Waals surface area contributed by atoms with E-state index in [2.05, 4.69) is 4.72 Å². The van der Waals surface area contributed by atoms with Crippen molar-refractivity contribution < 1.29 is 17.5 Å². The molecule has 0 amide bonds. The SMILES string of the molecule is O=S(=O)(NCC1(c2ccc(F)cc2)CCOCC1)c1ccc(Cl)s1. The van der Waals surface area contributed by atoms with Gasteiger partial charge in [0, 0.05) is 25.2 Å². The van der Waals surface area contributed by atoms with Gasteiger partial charge in [0.1, 0.15) is 10.0 Å². The summed E-state index contributed by atoms with van der Waals surface area (Å²) in [5.74, 6) is -0.310. The second-order valence-electron chi connectivity index (χ2n) is 5.78. The van der Waals surface area contributed by atoms with Crippen LogP contribution in [0.2, 0.25) is 4.34 Å². The van der Waals surface area contributed by atoms with Gasteiger partial charge in [-0.3, -0.25) is 0 Å². The van der Waals surface area contributed by atoms with Crippen LogP contribution in [0.3, 0.4) is 0 Å². The highest BCUT2D eigenvalue weighted by atomic mass is 35.5. The molecule has 8 heteroatoms. The number of ether oxygens (including phenoxy) is 1. The van der Waals surface area contributed by atoms with Crippen molar-refractivity contribution in [3.63, 3.8) is 0 Å². The summed E-state index contributed by atoms with van der Waals surface area (Å²) in [5, 5.41) is 0. The van der Waals surface area contributed by atoms with Gasteiger partial charge in [-0.25, -0.2) is 17.5 Å². The monoisotopic (exact) mass is 389 g/mol. The lowest BCUT2D eigenvalue weighted by molar-refractivity contribution is 0.0517. The van der Waals surface area contributed by atoms with Crippen molar-refractivity contribution in [3.8, 4) is 0 Å². The second-order valence-corrected chi connectivity index (χ2v) is 9.49. The van der Waals surface area contributed by atoms with Crippen molar-refractivity contribution in [2.75, 3.05) is 19.8 Å². The van der Waals surface area contributed by atoms with Crippen molar-refractivity contribution in [1.82, 2.24) is 4.72 Å². The van der Waals surface area contributed by atoms with E-state index < -0.39 is 15.4 Å². The first-order valence-electron chi connectivity index (χ1n) is 7.50. The molecule has 0 unspecified atom stereocenters. The Morgan fingerprint density at radius 1 is 1.17 bits per heavy atom. The number of benzene rings is 1. The molecule has 0 aliphatic carbocycles. The highest BCUT2D eigenvalue weighted by Gasteiger charge is 2.36. The normalized spacial score (nSPS) is 17.8. The van der Waals surface area contributed by atoms with Gasteiger partial charge in [-0.1, -0.05) is 23.7 Å². The summed E-state index contributed by atoms with van der Waals surface area (Å²) in [4.78, 5) is 0. The van der Waals surface area contributed by atoms with Crippen molar-refractivity contribution in [2.45, 2.75) is 22.5 Å². The Balaban J connectivity index is 1.84. The van der Waals surface area contributed by atoms with Gasteiger partial charge in [-0.15, -0.1) is 11.3 Å². The van der Waals surface area contributed by atoms with Crippen LogP contribution in [0.1, 0.15) is 18.4 Å². The third kappa shape index (κ3) is 3.81. The van der Waals surface area contributed by atoms with Crippen LogP contribution in [-0.2, 0) is 20.2 Å². The van der Waals surface area contributed by atoms with E-state index in [-0.39, 0.29) is 16.6 Å². The molecule has 2 aromatic rings. The molecule has 1 aromatic heterocycles. The lowest BCUT2D eigenvalue weighted by Gasteiger charge is -2.37. The highest BCUT2D eigenvalue weighted by molar-refractivity contribution is 7.91. The van der Waals surface area contributed by atoms with Gasteiger partial charge in [0.05, 0.1) is 4.34 Å². The fraction of sp³-hybridized carbons (Fsp3) is 0.375. The van der Waals surface area contributed by atoms with Gasteiger partial charge in [0.15, 0.2) is 0 Å². The summed E-state index contributed by atoms with van der Waals surface area (Å²) in [5.41, 5.74) is 0.513. The fourth-order valence-electron chi connectivity index (χ4n) is 2.88. The molecule has 0 atom stereocenters. The molecule has 4 nitrogen and oxygen atoms in total. The molecule has 2 heterocycles. The largest absolute Gasteiger partial charge is 0.381 e. The minimum Gasteiger partial charge on any atom is -0.381 e. The summed E-state index contributed by atoms with van der Waals surface area (Å²) in [7, 11) is -3.62. The standard InChI is InChI=1S/C16H17ClFNO3S2/c17-14-5-6-15(23-14)24(20,21)19-11-16(7-9-22-10-8-16)12-1-3-13(18)4-2-12/h1-6,19H,7-11H2. The number of nitrogens with one attached hydrogen (secondary N) is 1. The van der Waals surface area contributed by atoms with Gasteiger partial charge in [-0.05, 0) is 42.7 Å². The van der Waals surface area contributed by atoms with E-state index in [4.69, 9.17) is 16.3 Å². The zero-order valence-corrected chi connectivity index (χ0v) is 15.2. The zero-order valence-electron chi connectivity index (χ0n) is 12.8. The molecule has 0 radical (unpaired) electrons. The average Bonchev–Trinajstić information content (AvgIpc) is 3.02. The first kappa shape index (κ1) is 17.8. The number of halogens is 2. The first-order valence-corrected chi connectivity index (χ1v) is 10.2. The molecular formula is C16H17ClFNO3S2. The Morgan fingerprint density at radius 3 is 2.42 bits per heavy atom. The van der Waals surface area contributed by atoms with Crippen LogP contribution in [0.4, 0.5) is 4.39 Å². The number of rotatable bonds is 5. The third-order valence-electron chi connectivity index (χ3n) is 4.32. The predicted molar refractivity (Wildman–Crippen MR) is 92.6 cm³/mol. The number of sulfonamides is 1. The van der Waals surface area contributed by atoms with Crippen LogP contribution in [0.5, 0.6) is 0 Å². The maximum atomic E-state index is 13.2. The number of thiophene rings is 1. The minimum absolute atomic E-state index is 0.189. The van der Waals surface area contributed by atoms with Crippen molar-refractivity contribution in [1.29, 1.82) is 0 Å². The number of hydrogen-bond acceptors (Lipinski definition) is 4. The molecule has 130 valence electrons. The quantitative estimate of drug-likeness (QED) is 0.850. The second kappa shape index (κ2) is 7.09. The number of hydrogen-bond donors (Lipinski definition) is 1. The molecule has 0 spiro atoms. The highest BCUT2D eigenvalue weighted by Crippen LogP contribution is 2.35. The maximum absolute atomic E-state index is 13.2. The van der Waals surface area contributed by atoms with Crippen LogP contribution < -0.4 is 4.72 Å². The predicted octanol–water partition coefficient (Wildman–Crippen LogP) is 3.57. The molecule has 24 heavy (non-hydrogen) atoms. The van der Waals surface area contributed by atoms with E-state index in [9.17, 15) is 12.8 Å². The molecule has 1 aromatic carbocycles. The molecule has 1 N–H and O–H groups in total. The fourth-order valence-corrected chi connectivity index (χ4v) is 5.53. The van der Waals surface area contributed by atoms with Gasteiger partial charge in [-0.2, -0.15) is 0 Å². The maximum Gasteiger partial charge on any atom is 0.250 e. The molecular weight excluding hydrogens is 373 g/mol. The summed E-state index contributed by atoms with van der Waals surface area (Å²) >= 11 is 6.85. The van der Waals surface area contributed by atoms with Crippen molar-refractivity contribution in [2.24, 2.45) is 0 Å². The van der Waals surface area contributed by atoms with Crippen LogP contribution in [0, 0.1) is 5.82 Å². The van der Waals surface area contributed by atoms with Gasteiger partial charge < -0.3 is 4.74 Å². The summed E-state index contributed by atoms with van der Waals surface area (Å²) in [6, 6.07) is 9.29. The zero-order chi connectivity index (χ0) is 17.2. The smallest absolute Gasteiger partial charge is 0.250 e. The molecule has 0 saturated carbocycles. The lowest BCUT2D eigenvalue weighted by atomic mass is 9.74. The van der Waals surface area contributed by atoms with Crippen molar-refractivity contribution in [3.05, 3.63) is 52.1 Å². The van der Waals surface area contributed by atoms with Crippen LogP contribution >= 0.6 is 22.9 Å². The van der Waals surface area contributed by atoms with E-state index in [0.29, 0.717) is 30.4 Å². The molecule has 1 aliphatic heterocycles. The summed E-state index contributed by atoms with van der Waals surface area (Å²) in [6.45, 7) is 1.33. The Morgan fingerprint density at radius 2 is 1.83 bits per heavy atom. The van der Waals surface area contributed by atoms with E-state index in [0.717, 1.165) is 16.9 Å². The van der Waals surface area contributed by atoms with Gasteiger partial charge in [0.25, 0.3) is 0 Å². The lowest BCUT2D eigenvalue weighted by Crippen LogP contribution is -2.44. The van der Waals surface area contributed by atoms with E-state index in [1.807, 2.05) is 0 Å². The summed E-state index contributed by atoms with van der Waals surface area (Å²) in [6.07, 6.45) is 1.35. The average molecular weight is 390 g/mol. The van der Waals surface area contributed by atoms with Gasteiger partial charge >= 0.3 is 0 Å². The van der Waals surface area contributed by atoms with Gasteiger partial charge in [0.2, 0.25) is 10.0 Å². The van der Waals surface area contributed by atoms with E-state index in [1.54, 1.807) is 18.2 Å². The van der Waals surface area contributed by atoms with Crippen LogP contribution in [-0.4, -0.2) is 28.2 Å². The first-order chi connectivity index (χ1) is 11.4. The Labute approximate surface area is 149 Å². The molecule has 3 rings (SSSR count). The molecule has 0 bridgehead atoms. The molecule has 1 saturated heterocycles. The Hall–Kier alpha value is -0.990.